The number of hydrogen-bond acceptors (Lipinski definition) is 5. The van der Waals surface area contributed by atoms with E-state index >= 15 is 0 Å². The molecule has 2 aromatic rings. The lowest BCUT2D eigenvalue weighted by Crippen LogP contribution is -2.22. The minimum Gasteiger partial charge on any atom is -0.252 e. The summed E-state index contributed by atoms with van der Waals surface area (Å²) in [5.41, 5.74) is 1.63. The van der Waals surface area contributed by atoms with Gasteiger partial charge in [-0.1, -0.05) is 5.21 Å². The Bertz CT molecular complexity index is 624. The zero-order chi connectivity index (χ0) is 13.9. The summed E-state index contributed by atoms with van der Waals surface area (Å²) in [6.07, 6.45) is 8.44. The first-order valence-electron chi connectivity index (χ1n) is 5.82. The molecule has 0 aliphatic carbocycles. The van der Waals surface area contributed by atoms with Gasteiger partial charge in [0.15, 0.2) is 5.69 Å². The van der Waals surface area contributed by atoms with Crippen molar-refractivity contribution in [3.63, 3.8) is 0 Å². The fraction of sp³-hybridized carbons (Fsp3) is 0.308. The van der Waals surface area contributed by atoms with Crippen LogP contribution in [0.25, 0.3) is 12.2 Å². The van der Waals surface area contributed by atoms with Crippen molar-refractivity contribution in [1.82, 2.24) is 25.0 Å². The van der Waals surface area contributed by atoms with Crippen LogP contribution in [0, 0.1) is 11.3 Å². The monoisotopic (exact) mass is 254 g/mol. The molecule has 0 saturated carbocycles. The summed E-state index contributed by atoms with van der Waals surface area (Å²) in [6, 6.07) is 1.92. The van der Waals surface area contributed by atoms with Gasteiger partial charge in [0.25, 0.3) is 0 Å². The van der Waals surface area contributed by atoms with Crippen LogP contribution in [-0.4, -0.2) is 25.0 Å². The van der Waals surface area contributed by atoms with Gasteiger partial charge in [-0.3, -0.25) is 4.98 Å². The van der Waals surface area contributed by atoms with Crippen molar-refractivity contribution in [2.24, 2.45) is 0 Å². The van der Waals surface area contributed by atoms with E-state index in [-0.39, 0.29) is 5.54 Å². The third kappa shape index (κ3) is 3.22. The first-order valence-corrected chi connectivity index (χ1v) is 5.82. The normalized spacial score (nSPS) is 11.7. The molecule has 6 heteroatoms. The fourth-order valence-corrected chi connectivity index (χ4v) is 1.33. The summed E-state index contributed by atoms with van der Waals surface area (Å²) in [6.45, 7) is 6.17. The van der Waals surface area contributed by atoms with Gasteiger partial charge in [0.1, 0.15) is 11.8 Å². The van der Waals surface area contributed by atoms with E-state index in [9.17, 15) is 0 Å². The van der Waals surface area contributed by atoms with Gasteiger partial charge in [0, 0.05) is 0 Å². The Labute approximate surface area is 111 Å². The minimum absolute atomic E-state index is 0.0899. The Balaban J connectivity index is 2.14. The topological polar surface area (TPSA) is 80.3 Å². The van der Waals surface area contributed by atoms with E-state index in [0.29, 0.717) is 11.4 Å². The maximum absolute atomic E-state index is 8.62. The molecule has 2 rings (SSSR count). The molecule has 0 radical (unpaired) electrons. The Kier molecular flexibility index (Phi) is 3.38. The molecule has 0 spiro atoms. The zero-order valence-electron chi connectivity index (χ0n) is 11.1. The van der Waals surface area contributed by atoms with Crippen LogP contribution in [0.3, 0.4) is 0 Å². The highest BCUT2D eigenvalue weighted by molar-refractivity contribution is 5.65. The summed E-state index contributed by atoms with van der Waals surface area (Å²) in [4.78, 5) is 8.03. The van der Waals surface area contributed by atoms with Crippen LogP contribution in [0.1, 0.15) is 37.9 Å². The van der Waals surface area contributed by atoms with Crippen molar-refractivity contribution in [3.8, 4) is 6.07 Å². The highest BCUT2D eigenvalue weighted by Crippen LogP contribution is 2.12. The van der Waals surface area contributed by atoms with Gasteiger partial charge in [-0.15, -0.1) is 5.10 Å². The molecule has 0 aromatic carbocycles. The molecule has 0 saturated heterocycles. The molecule has 6 nitrogen and oxygen atoms in total. The van der Waals surface area contributed by atoms with Crippen LogP contribution in [-0.2, 0) is 5.54 Å². The van der Waals surface area contributed by atoms with E-state index < -0.39 is 0 Å². The summed E-state index contributed by atoms with van der Waals surface area (Å²) in [5, 5.41) is 16.7. The number of aromatic nitrogens is 5. The lowest BCUT2D eigenvalue weighted by Gasteiger charge is -2.17. The average Bonchev–Trinajstić information content (AvgIpc) is 2.86. The Morgan fingerprint density at radius 2 is 1.89 bits per heavy atom. The minimum atomic E-state index is -0.0899. The molecule has 0 aliphatic heterocycles. The fourth-order valence-electron chi connectivity index (χ4n) is 1.33. The Morgan fingerprint density at radius 3 is 2.42 bits per heavy atom. The van der Waals surface area contributed by atoms with Crippen molar-refractivity contribution >= 4 is 12.2 Å². The number of hydrogen-bond donors (Lipinski definition) is 0. The lowest BCUT2D eigenvalue weighted by molar-refractivity contribution is 0.347. The van der Waals surface area contributed by atoms with Gasteiger partial charge in [-0.25, -0.2) is 9.67 Å². The van der Waals surface area contributed by atoms with Gasteiger partial charge in [-0.05, 0) is 32.9 Å². The van der Waals surface area contributed by atoms with E-state index in [1.54, 1.807) is 17.0 Å². The van der Waals surface area contributed by atoms with Crippen LogP contribution in [0.15, 0.2) is 18.6 Å². The van der Waals surface area contributed by atoms with Crippen molar-refractivity contribution in [2.75, 3.05) is 0 Å². The summed E-state index contributed by atoms with van der Waals surface area (Å²) in [5.74, 6) is 0. The molecule has 0 bridgehead atoms. The molecule has 0 amide bonds. The van der Waals surface area contributed by atoms with Gasteiger partial charge in [0.05, 0.1) is 29.8 Å². The van der Waals surface area contributed by atoms with Gasteiger partial charge >= 0.3 is 0 Å². The lowest BCUT2D eigenvalue weighted by atomic mass is 10.1. The largest absolute Gasteiger partial charge is 0.252 e. The molecule has 19 heavy (non-hydrogen) atoms. The molecule has 0 aliphatic rings. The maximum Gasteiger partial charge on any atom is 0.158 e. The molecular formula is C13H14N6. The number of nitrogens with zero attached hydrogens (tertiary/aromatic N) is 6. The maximum atomic E-state index is 8.62. The van der Waals surface area contributed by atoms with Crippen LogP contribution < -0.4 is 0 Å². The van der Waals surface area contributed by atoms with Gasteiger partial charge < -0.3 is 0 Å². The molecule has 0 unspecified atom stereocenters. The molecule has 2 heterocycles. The molecule has 0 fully saturated rings. The molecule has 0 N–H and O–H groups in total. The molecule has 0 atom stereocenters. The predicted octanol–water partition coefficient (Wildman–Crippen LogP) is 1.87. The first-order chi connectivity index (χ1) is 8.99. The van der Waals surface area contributed by atoms with Crippen LogP contribution in [0.4, 0.5) is 0 Å². The quantitative estimate of drug-likeness (QED) is 0.817. The standard InChI is InChI=1S/C13H14N6/c1-13(2,3)19-9-11(17-18-19)5-4-10-7-16-12(6-14)8-15-10/h4-5,7-9H,1-3H3/b5-4+. The second-order valence-electron chi connectivity index (χ2n) is 5.03. The van der Waals surface area contributed by atoms with Crippen molar-refractivity contribution in [2.45, 2.75) is 26.3 Å². The summed E-state index contributed by atoms with van der Waals surface area (Å²) < 4.78 is 1.80. The Morgan fingerprint density at radius 1 is 1.16 bits per heavy atom. The summed E-state index contributed by atoms with van der Waals surface area (Å²) in [7, 11) is 0. The highest BCUT2D eigenvalue weighted by Gasteiger charge is 2.13. The van der Waals surface area contributed by atoms with Crippen molar-refractivity contribution in [1.29, 1.82) is 5.26 Å². The van der Waals surface area contributed by atoms with E-state index in [4.69, 9.17) is 5.26 Å². The van der Waals surface area contributed by atoms with Gasteiger partial charge in [-0.2, -0.15) is 5.26 Å². The third-order valence-corrected chi connectivity index (χ3v) is 2.41. The van der Waals surface area contributed by atoms with Crippen molar-refractivity contribution < 1.29 is 0 Å². The second-order valence-corrected chi connectivity index (χ2v) is 5.03. The summed E-state index contributed by atoms with van der Waals surface area (Å²) >= 11 is 0. The zero-order valence-corrected chi connectivity index (χ0v) is 11.1. The average molecular weight is 254 g/mol. The number of nitriles is 1. The van der Waals surface area contributed by atoms with Crippen molar-refractivity contribution in [3.05, 3.63) is 35.7 Å². The number of rotatable bonds is 2. The smallest absolute Gasteiger partial charge is 0.158 e. The van der Waals surface area contributed by atoms with E-state index in [0.717, 1.165) is 5.69 Å². The third-order valence-electron chi connectivity index (χ3n) is 2.41. The predicted molar refractivity (Wildman–Crippen MR) is 70.7 cm³/mol. The molecule has 96 valence electrons. The Hall–Kier alpha value is -2.55. The molecule has 2 aromatic heterocycles. The molecular weight excluding hydrogens is 240 g/mol. The van der Waals surface area contributed by atoms with E-state index in [2.05, 4.69) is 41.1 Å². The highest BCUT2D eigenvalue weighted by atomic mass is 15.4. The van der Waals surface area contributed by atoms with E-state index in [1.807, 2.05) is 18.3 Å². The van der Waals surface area contributed by atoms with E-state index in [1.165, 1.54) is 6.20 Å². The van der Waals surface area contributed by atoms with Crippen LogP contribution in [0.5, 0.6) is 0 Å². The second kappa shape index (κ2) is 4.98. The van der Waals surface area contributed by atoms with Crippen LogP contribution in [0.2, 0.25) is 0 Å². The van der Waals surface area contributed by atoms with Gasteiger partial charge in [0.2, 0.25) is 0 Å². The first kappa shape index (κ1) is 12.9. The van der Waals surface area contributed by atoms with Crippen LogP contribution >= 0.6 is 0 Å². The SMILES string of the molecule is CC(C)(C)n1cc(/C=C/c2cnc(C#N)cn2)nn1.